The average molecular weight is 1080 g/mol. The highest BCUT2D eigenvalue weighted by Gasteiger charge is 2.33. The van der Waals surface area contributed by atoms with E-state index in [4.69, 9.17) is 49.5 Å². The molecule has 4 heterocycles. The number of nitrogens with one attached hydrogen (secondary N) is 4. The standard InChI is InChI=1S/C24H28ClFN6O4S2.C20H21Cl2N5O2S2/c1-5-10-38(34,35)31-18-12-15(25)11-16(19(18)26)20-21(37-22(29-20)14-6-7-14)17-8-9-27-23(28-17)30-32(13(2)3)24(33)36-4;1-3-8-31(28,29)27-15-10-12(21)9-13(16(15)22)17-18(30-19(26-17)11-4-5-11)14-6-7-24-20(23-2)25-14/h8-9,11-14,31H,5-7,10H2,1-4H3,(H,27,28,30);6-7,9-11,27H,3-5,8H2,1-2H3,(H,23,24,25). The van der Waals surface area contributed by atoms with Crippen molar-refractivity contribution in [1.82, 2.24) is 34.9 Å². The van der Waals surface area contributed by atoms with Crippen molar-refractivity contribution in [2.75, 3.05) is 45.8 Å². The first-order valence-corrected chi connectivity index (χ1v) is 27.9. The highest BCUT2D eigenvalue weighted by molar-refractivity contribution is 7.93. The topological polar surface area (TPSA) is 223 Å². The van der Waals surface area contributed by atoms with Gasteiger partial charge in [-0.05, 0) is 88.8 Å². The van der Waals surface area contributed by atoms with Crippen LogP contribution in [0.15, 0.2) is 48.8 Å². The molecule has 2 aliphatic rings. The number of hydrogen-bond donors (Lipinski definition) is 4. The van der Waals surface area contributed by atoms with Gasteiger partial charge in [-0.1, -0.05) is 48.7 Å². The molecule has 1 amide bonds. The SMILES string of the molecule is CCCS(=O)(=O)Nc1cc(Cl)cc(-c2nc(C3CC3)sc2-c2ccnc(NC)n2)c1Cl.CCCS(=O)(=O)Nc1cc(Cl)cc(-c2nc(C3CC3)sc2-c2ccnc(NN(C(=O)OC)C(C)C)n2)c1F. The molecule has 0 radical (unpaired) electrons. The van der Waals surface area contributed by atoms with Gasteiger partial charge >= 0.3 is 6.09 Å². The molecule has 8 rings (SSSR count). The number of sulfonamides is 2. The summed E-state index contributed by atoms with van der Waals surface area (Å²) in [5.41, 5.74) is 5.55. The highest BCUT2D eigenvalue weighted by atomic mass is 35.5. The highest BCUT2D eigenvalue weighted by Crippen LogP contribution is 2.50. The van der Waals surface area contributed by atoms with Crippen molar-refractivity contribution in [2.24, 2.45) is 0 Å². The van der Waals surface area contributed by atoms with Crippen molar-refractivity contribution in [1.29, 1.82) is 0 Å². The van der Waals surface area contributed by atoms with Gasteiger partial charge < -0.3 is 10.1 Å². The summed E-state index contributed by atoms with van der Waals surface area (Å²) in [4.78, 5) is 40.7. The van der Waals surface area contributed by atoms with Crippen molar-refractivity contribution >= 4 is 107 Å². The van der Waals surface area contributed by atoms with Gasteiger partial charge in [-0.15, -0.1) is 22.7 Å². The summed E-state index contributed by atoms with van der Waals surface area (Å²) >= 11 is 22.3. The first kappa shape index (κ1) is 51.9. The Hall–Kier alpha value is -4.97. The Balaban J connectivity index is 0.000000208. The summed E-state index contributed by atoms with van der Waals surface area (Å²) in [6.45, 7) is 7.11. The second-order valence-electron chi connectivity index (χ2n) is 16.3. The lowest BCUT2D eigenvalue weighted by molar-refractivity contribution is 0.122. The molecule has 4 aromatic heterocycles. The van der Waals surface area contributed by atoms with Crippen molar-refractivity contribution < 1.29 is 30.8 Å². The number of benzene rings is 2. The van der Waals surface area contributed by atoms with Gasteiger partial charge in [0.05, 0.1) is 83.6 Å². The lowest BCUT2D eigenvalue weighted by Gasteiger charge is -2.25. The van der Waals surface area contributed by atoms with Crippen molar-refractivity contribution in [3.8, 4) is 43.7 Å². The van der Waals surface area contributed by atoms with Crippen LogP contribution in [-0.2, 0) is 24.8 Å². The molecule has 25 heteroatoms. The summed E-state index contributed by atoms with van der Waals surface area (Å²) < 4.78 is 74.8. The number of carbonyl (C=O) groups excluding carboxylic acids is 1. The van der Waals surface area contributed by atoms with Gasteiger partial charge in [0.15, 0.2) is 5.82 Å². The lowest BCUT2D eigenvalue weighted by Crippen LogP contribution is -2.41. The molecule has 2 aromatic carbocycles. The Morgan fingerprint density at radius 1 is 0.768 bits per heavy atom. The summed E-state index contributed by atoms with van der Waals surface area (Å²) in [7, 11) is -4.26. The number of methoxy groups -OCH3 is 1. The zero-order valence-corrected chi connectivity index (χ0v) is 43.8. The number of nitrogens with zero attached hydrogens (tertiary/aromatic N) is 7. The van der Waals surface area contributed by atoms with Crippen LogP contribution in [0.25, 0.3) is 43.7 Å². The minimum atomic E-state index is -3.75. The van der Waals surface area contributed by atoms with Crippen LogP contribution in [0.2, 0.25) is 15.1 Å². The van der Waals surface area contributed by atoms with Gasteiger partial charge in [0, 0.05) is 52.4 Å². The fourth-order valence-electron chi connectivity index (χ4n) is 6.78. The number of aromatic nitrogens is 6. The molecule has 368 valence electrons. The number of hydrogen-bond acceptors (Lipinski definition) is 16. The smallest absolute Gasteiger partial charge is 0.428 e. The van der Waals surface area contributed by atoms with Crippen LogP contribution in [0.1, 0.15) is 88.1 Å². The van der Waals surface area contributed by atoms with Crippen LogP contribution in [-0.4, -0.2) is 89.5 Å². The number of rotatable bonds is 18. The Bertz CT molecular complexity index is 3080. The molecule has 17 nitrogen and oxygen atoms in total. The Kier molecular flexibility index (Phi) is 16.5. The van der Waals surface area contributed by atoms with E-state index in [-0.39, 0.29) is 56.4 Å². The van der Waals surface area contributed by atoms with Gasteiger partial charge in [-0.2, -0.15) is 0 Å². The quantitative estimate of drug-likeness (QED) is 0.0588. The number of ether oxygens (including phenoxy) is 1. The molecule has 0 bridgehead atoms. The van der Waals surface area contributed by atoms with Crippen LogP contribution in [0.3, 0.4) is 0 Å². The number of thiazole rings is 2. The van der Waals surface area contributed by atoms with Gasteiger partial charge in [0.25, 0.3) is 0 Å². The van der Waals surface area contributed by atoms with Crippen LogP contribution in [0, 0.1) is 5.82 Å². The molecule has 0 aliphatic heterocycles. The molecule has 0 spiro atoms. The second-order valence-corrected chi connectivity index (χ2v) is 23.3. The number of anilines is 4. The largest absolute Gasteiger partial charge is 0.452 e. The van der Waals surface area contributed by atoms with E-state index < -0.39 is 32.0 Å². The second kappa shape index (κ2) is 22.0. The van der Waals surface area contributed by atoms with Crippen molar-refractivity contribution in [3.63, 3.8) is 0 Å². The zero-order valence-electron chi connectivity index (χ0n) is 38.2. The fraction of sp³-hybridized carbons (Fsp3) is 0.386. The molecular formula is C44H49Cl3FN11O6S4. The molecule has 2 aliphatic carbocycles. The van der Waals surface area contributed by atoms with E-state index in [1.165, 1.54) is 47.9 Å². The predicted octanol–water partition coefficient (Wildman–Crippen LogP) is 11.5. The lowest BCUT2D eigenvalue weighted by atomic mass is 10.1. The molecular weight excluding hydrogens is 1030 g/mol. The number of amides is 1. The summed E-state index contributed by atoms with van der Waals surface area (Å²) in [5.74, 6) is 0.386. The molecule has 0 atom stereocenters. The summed E-state index contributed by atoms with van der Waals surface area (Å²) in [6, 6.07) is 9.09. The molecule has 0 unspecified atom stereocenters. The molecule has 2 saturated carbocycles. The number of hydrazine groups is 1. The first-order valence-electron chi connectivity index (χ1n) is 21.8. The average Bonchev–Trinajstić information content (AvgIpc) is 4.25. The normalized spacial score (nSPS) is 13.7. The Labute approximate surface area is 423 Å². The minimum Gasteiger partial charge on any atom is -0.452 e. The van der Waals surface area contributed by atoms with Gasteiger partial charge in [0.2, 0.25) is 31.9 Å². The maximum absolute atomic E-state index is 15.8. The Morgan fingerprint density at radius 3 is 1.74 bits per heavy atom. The van der Waals surface area contributed by atoms with Gasteiger partial charge in [0.1, 0.15) is 0 Å². The van der Waals surface area contributed by atoms with E-state index in [0.29, 0.717) is 62.9 Å². The zero-order chi connectivity index (χ0) is 49.8. The van der Waals surface area contributed by atoms with Gasteiger partial charge in [-0.3, -0.25) is 14.9 Å². The van der Waals surface area contributed by atoms with Gasteiger partial charge in [-0.25, -0.2) is 60.9 Å². The third kappa shape index (κ3) is 12.9. The molecule has 0 saturated heterocycles. The number of carbonyl (C=O) groups is 1. The maximum atomic E-state index is 15.8. The van der Waals surface area contributed by atoms with Crippen molar-refractivity contribution in [3.05, 3.63) is 79.7 Å². The van der Waals surface area contributed by atoms with Crippen LogP contribution < -0.4 is 20.2 Å². The fourth-order valence-corrected chi connectivity index (χ4v) is 12.2. The third-order valence-electron chi connectivity index (χ3n) is 10.3. The van der Waals surface area contributed by atoms with Crippen LogP contribution in [0.4, 0.5) is 32.5 Å². The molecule has 2 fully saturated rings. The predicted molar refractivity (Wildman–Crippen MR) is 274 cm³/mol. The van der Waals surface area contributed by atoms with Crippen molar-refractivity contribution in [2.45, 2.75) is 84.1 Å². The maximum Gasteiger partial charge on any atom is 0.428 e. The third-order valence-corrected chi connectivity index (χ3v) is 16.6. The number of halogens is 4. The van der Waals surface area contributed by atoms with E-state index in [2.05, 4.69) is 40.1 Å². The van der Waals surface area contributed by atoms with E-state index in [1.54, 1.807) is 64.4 Å². The van der Waals surface area contributed by atoms with Crippen LogP contribution in [0.5, 0.6) is 0 Å². The van der Waals surface area contributed by atoms with E-state index in [1.807, 2.05) is 6.07 Å². The summed E-state index contributed by atoms with van der Waals surface area (Å²) in [5, 5.41) is 6.79. The summed E-state index contributed by atoms with van der Waals surface area (Å²) in [6.07, 6.45) is 7.60. The minimum absolute atomic E-state index is 0.00726. The van der Waals surface area contributed by atoms with Crippen LogP contribution >= 0.6 is 57.5 Å². The first-order chi connectivity index (χ1) is 32.8. The molecule has 6 aromatic rings. The van der Waals surface area contributed by atoms with E-state index in [0.717, 1.165) is 40.6 Å². The van der Waals surface area contributed by atoms with E-state index in [9.17, 15) is 21.6 Å². The Morgan fingerprint density at radius 2 is 1.25 bits per heavy atom. The molecule has 69 heavy (non-hydrogen) atoms. The molecule has 4 N–H and O–H groups in total. The monoisotopic (exact) mass is 1080 g/mol. The van der Waals surface area contributed by atoms with E-state index >= 15 is 4.39 Å².